The van der Waals surface area contributed by atoms with Gasteiger partial charge in [0.05, 0.1) is 0 Å². The van der Waals surface area contributed by atoms with E-state index in [0.717, 1.165) is 30.7 Å². The van der Waals surface area contributed by atoms with E-state index in [0.29, 0.717) is 0 Å². The fourth-order valence-electron chi connectivity index (χ4n) is 3.62. The number of hydrogen-bond acceptors (Lipinski definition) is 2. The van der Waals surface area contributed by atoms with Gasteiger partial charge in [0, 0.05) is 25.9 Å². The smallest absolute Gasteiger partial charge is 0.108 e. The van der Waals surface area contributed by atoms with Crippen molar-refractivity contribution in [3.05, 3.63) is 18.2 Å². The molecule has 1 saturated carbocycles. The zero-order chi connectivity index (χ0) is 15.1. The van der Waals surface area contributed by atoms with Crippen LogP contribution in [0, 0.1) is 17.8 Å². The molecule has 2 unspecified atom stereocenters. The molecule has 2 atom stereocenters. The van der Waals surface area contributed by atoms with E-state index in [2.05, 4.69) is 42.0 Å². The Morgan fingerprint density at radius 3 is 2.67 bits per heavy atom. The number of imidazole rings is 1. The predicted octanol–water partition coefficient (Wildman–Crippen LogP) is 3.79. The van der Waals surface area contributed by atoms with Crippen LogP contribution < -0.4 is 5.32 Å². The minimum atomic E-state index is 0.752. The summed E-state index contributed by atoms with van der Waals surface area (Å²) in [6, 6.07) is 0. The van der Waals surface area contributed by atoms with Crippen molar-refractivity contribution in [3.63, 3.8) is 0 Å². The Balaban J connectivity index is 1.84. The standard InChI is InChI=1S/C18H33N3/c1-15(2)13-19-14-17-8-6-4-5-7-16(17)9-10-18-20-11-12-21(18)3/h11-12,15-17,19H,4-10,13-14H2,1-3H3. The Bertz CT molecular complexity index is 397. The maximum Gasteiger partial charge on any atom is 0.108 e. The van der Waals surface area contributed by atoms with Gasteiger partial charge in [-0.3, -0.25) is 0 Å². The number of nitrogens with one attached hydrogen (secondary N) is 1. The fourth-order valence-corrected chi connectivity index (χ4v) is 3.62. The van der Waals surface area contributed by atoms with Crippen molar-refractivity contribution in [2.45, 2.75) is 58.8 Å². The van der Waals surface area contributed by atoms with E-state index in [1.165, 1.54) is 50.9 Å². The lowest BCUT2D eigenvalue weighted by Gasteiger charge is -2.26. The number of hydrogen-bond donors (Lipinski definition) is 1. The predicted molar refractivity (Wildman–Crippen MR) is 89.3 cm³/mol. The minimum Gasteiger partial charge on any atom is -0.338 e. The number of aromatic nitrogens is 2. The highest BCUT2D eigenvalue weighted by Crippen LogP contribution is 2.31. The highest BCUT2D eigenvalue weighted by molar-refractivity contribution is 4.92. The van der Waals surface area contributed by atoms with Crippen LogP contribution in [0.5, 0.6) is 0 Å². The SMILES string of the molecule is CC(C)CNCC1CCCCCC1CCc1nccn1C. The molecule has 3 nitrogen and oxygen atoms in total. The molecule has 3 heteroatoms. The summed E-state index contributed by atoms with van der Waals surface area (Å²) in [6.07, 6.45) is 13.5. The molecule has 1 heterocycles. The molecular formula is C18H33N3. The maximum absolute atomic E-state index is 4.48. The van der Waals surface area contributed by atoms with Gasteiger partial charge in [0.2, 0.25) is 0 Å². The van der Waals surface area contributed by atoms with Gasteiger partial charge in [0.25, 0.3) is 0 Å². The molecule has 0 aromatic carbocycles. The lowest BCUT2D eigenvalue weighted by atomic mass is 9.84. The van der Waals surface area contributed by atoms with E-state index in [9.17, 15) is 0 Å². The molecule has 21 heavy (non-hydrogen) atoms. The van der Waals surface area contributed by atoms with Gasteiger partial charge in [-0.15, -0.1) is 0 Å². The quantitative estimate of drug-likeness (QED) is 0.775. The van der Waals surface area contributed by atoms with Crippen LogP contribution in [0.4, 0.5) is 0 Å². The Labute approximate surface area is 130 Å². The first-order valence-electron chi connectivity index (χ1n) is 8.83. The molecule has 1 N–H and O–H groups in total. The molecule has 0 amide bonds. The number of rotatable bonds is 7. The zero-order valence-electron chi connectivity index (χ0n) is 14.1. The van der Waals surface area contributed by atoms with Crippen LogP contribution in [0.1, 0.15) is 58.2 Å². The van der Waals surface area contributed by atoms with E-state index in [1.54, 1.807) is 0 Å². The van der Waals surface area contributed by atoms with E-state index in [4.69, 9.17) is 0 Å². The fraction of sp³-hybridized carbons (Fsp3) is 0.833. The highest BCUT2D eigenvalue weighted by atomic mass is 15.0. The van der Waals surface area contributed by atoms with Gasteiger partial charge in [-0.2, -0.15) is 0 Å². The van der Waals surface area contributed by atoms with E-state index in [-0.39, 0.29) is 0 Å². The second-order valence-electron chi connectivity index (χ2n) is 7.20. The van der Waals surface area contributed by atoms with Crippen LogP contribution in [0.15, 0.2) is 12.4 Å². The average molecular weight is 291 g/mol. The third-order valence-corrected chi connectivity index (χ3v) is 4.94. The molecule has 2 rings (SSSR count). The molecule has 0 spiro atoms. The minimum absolute atomic E-state index is 0.752. The molecule has 1 fully saturated rings. The van der Waals surface area contributed by atoms with Crippen LogP contribution in [-0.4, -0.2) is 22.6 Å². The average Bonchev–Trinajstić information content (AvgIpc) is 2.72. The summed E-state index contributed by atoms with van der Waals surface area (Å²) in [5, 5.41) is 3.70. The van der Waals surface area contributed by atoms with Crippen molar-refractivity contribution >= 4 is 0 Å². The second-order valence-corrected chi connectivity index (χ2v) is 7.20. The first-order valence-corrected chi connectivity index (χ1v) is 8.83. The van der Waals surface area contributed by atoms with Crippen LogP contribution in [-0.2, 0) is 13.5 Å². The first-order chi connectivity index (χ1) is 10.2. The number of aryl methyl sites for hydroxylation is 2. The van der Waals surface area contributed by atoms with Crippen LogP contribution >= 0.6 is 0 Å². The summed E-state index contributed by atoms with van der Waals surface area (Å²) in [5.41, 5.74) is 0. The lowest BCUT2D eigenvalue weighted by Crippen LogP contribution is -2.30. The third kappa shape index (κ3) is 5.46. The van der Waals surface area contributed by atoms with Gasteiger partial charge in [-0.1, -0.05) is 39.5 Å². The Kier molecular flexibility index (Phi) is 6.75. The van der Waals surface area contributed by atoms with Crippen molar-refractivity contribution < 1.29 is 0 Å². The third-order valence-electron chi connectivity index (χ3n) is 4.94. The zero-order valence-corrected chi connectivity index (χ0v) is 14.1. The van der Waals surface area contributed by atoms with Gasteiger partial charge in [-0.25, -0.2) is 4.98 Å². The Morgan fingerprint density at radius 2 is 2.00 bits per heavy atom. The normalized spacial score (nSPS) is 23.4. The van der Waals surface area contributed by atoms with Crippen molar-refractivity contribution in [1.29, 1.82) is 0 Å². The molecular weight excluding hydrogens is 258 g/mol. The summed E-state index contributed by atoms with van der Waals surface area (Å²) in [4.78, 5) is 4.48. The summed E-state index contributed by atoms with van der Waals surface area (Å²) < 4.78 is 2.17. The van der Waals surface area contributed by atoms with E-state index in [1.807, 2.05) is 6.20 Å². The number of nitrogens with zero attached hydrogens (tertiary/aromatic N) is 2. The molecule has 1 aliphatic rings. The molecule has 1 aromatic heterocycles. The summed E-state index contributed by atoms with van der Waals surface area (Å²) >= 11 is 0. The van der Waals surface area contributed by atoms with Crippen molar-refractivity contribution in [3.8, 4) is 0 Å². The Morgan fingerprint density at radius 1 is 1.24 bits per heavy atom. The van der Waals surface area contributed by atoms with Crippen LogP contribution in [0.25, 0.3) is 0 Å². The van der Waals surface area contributed by atoms with Crippen molar-refractivity contribution in [2.24, 2.45) is 24.8 Å². The highest BCUT2D eigenvalue weighted by Gasteiger charge is 2.23. The maximum atomic E-state index is 4.48. The van der Waals surface area contributed by atoms with E-state index >= 15 is 0 Å². The van der Waals surface area contributed by atoms with Crippen molar-refractivity contribution in [1.82, 2.24) is 14.9 Å². The Hall–Kier alpha value is -0.830. The van der Waals surface area contributed by atoms with E-state index < -0.39 is 0 Å². The van der Waals surface area contributed by atoms with Gasteiger partial charge in [-0.05, 0) is 43.7 Å². The molecule has 0 radical (unpaired) electrons. The topological polar surface area (TPSA) is 29.9 Å². The van der Waals surface area contributed by atoms with Crippen molar-refractivity contribution in [2.75, 3.05) is 13.1 Å². The first kappa shape index (κ1) is 16.5. The van der Waals surface area contributed by atoms with Gasteiger partial charge in [0.15, 0.2) is 0 Å². The molecule has 0 aliphatic heterocycles. The molecule has 1 aromatic rings. The van der Waals surface area contributed by atoms with Crippen LogP contribution in [0.2, 0.25) is 0 Å². The molecule has 1 aliphatic carbocycles. The largest absolute Gasteiger partial charge is 0.338 e. The van der Waals surface area contributed by atoms with Gasteiger partial charge in [0.1, 0.15) is 5.82 Å². The van der Waals surface area contributed by atoms with Gasteiger partial charge >= 0.3 is 0 Å². The summed E-state index contributed by atoms with van der Waals surface area (Å²) in [6.45, 7) is 6.95. The summed E-state index contributed by atoms with van der Waals surface area (Å²) in [7, 11) is 2.11. The van der Waals surface area contributed by atoms with Crippen LogP contribution in [0.3, 0.4) is 0 Å². The van der Waals surface area contributed by atoms with Gasteiger partial charge < -0.3 is 9.88 Å². The molecule has 0 saturated heterocycles. The second kappa shape index (κ2) is 8.57. The molecule has 0 bridgehead atoms. The summed E-state index contributed by atoms with van der Waals surface area (Å²) in [5.74, 6) is 3.74. The monoisotopic (exact) mass is 291 g/mol. The lowest BCUT2D eigenvalue weighted by molar-refractivity contribution is 0.278. The molecule has 120 valence electrons.